The van der Waals surface area contributed by atoms with Crippen molar-refractivity contribution >= 4 is 6.08 Å². The Morgan fingerprint density at radius 2 is 1.86 bits per heavy atom. The summed E-state index contributed by atoms with van der Waals surface area (Å²) < 4.78 is 0. The minimum absolute atomic E-state index is 1.19. The van der Waals surface area contributed by atoms with E-state index in [1.165, 1.54) is 24.8 Å². The van der Waals surface area contributed by atoms with Crippen molar-refractivity contribution in [2.24, 2.45) is 0 Å². The van der Waals surface area contributed by atoms with Gasteiger partial charge in [-0.1, -0.05) is 74.4 Å². The molecule has 0 nitrogen and oxygen atoms in total. The zero-order valence-electron chi connectivity index (χ0n) is 8.82. The third kappa shape index (κ3) is 4.66. The molecule has 0 unspecified atom stereocenters. The van der Waals surface area contributed by atoms with E-state index in [1.54, 1.807) is 0 Å². The van der Waals surface area contributed by atoms with E-state index in [9.17, 15) is 0 Å². The number of unbranched alkanes of at least 4 members (excludes halogenated alkanes) is 2. The molecule has 0 aliphatic heterocycles. The summed E-state index contributed by atoms with van der Waals surface area (Å²) in [4.78, 5) is 0. The van der Waals surface area contributed by atoms with Crippen LogP contribution in [0.25, 0.3) is 6.08 Å². The molecule has 0 amide bonds. The van der Waals surface area contributed by atoms with Crippen LogP contribution in [0, 0.1) is 0 Å². The molecular weight excluding hydrogens is 168 g/mol. The Morgan fingerprint density at radius 3 is 2.57 bits per heavy atom. The standard InChI is InChI=1S/C14H18/c1-2-3-4-5-6-8-11-14-12-9-7-10-13-14/h5-13H,2-4H2,1H3/b6-5+,11-8+. The molecule has 74 valence electrons. The number of allylic oxidation sites excluding steroid dienone is 3. The quantitative estimate of drug-likeness (QED) is 0.471. The van der Waals surface area contributed by atoms with Crippen LogP contribution in [0.2, 0.25) is 0 Å². The summed E-state index contributed by atoms with van der Waals surface area (Å²) in [6.07, 6.45) is 12.3. The van der Waals surface area contributed by atoms with Crippen molar-refractivity contribution in [3.63, 3.8) is 0 Å². The highest BCUT2D eigenvalue weighted by Crippen LogP contribution is 2.01. The summed E-state index contributed by atoms with van der Waals surface area (Å²) >= 11 is 0. The van der Waals surface area contributed by atoms with E-state index >= 15 is 0 Å². The van der Waals surface area contributed by atoms with E-state index in [-0.39, 0.29) is 0 Å². The van der Waals surface area contributed by atoms with Gasteiger partial charge in [0.05, 0.1) is 0 Å². The first kappa shape index (κ1) is 10.8. The maximum atomic E-state index is 2.23. The molecule has 0 saturated heterocycles. The molecule has 0 atom stereocenters. The highest BCUT2D eigenvalue weighted by molar-refractivity contribution is 5.50. The van der Waals surface area contributed by atoms with Gasteiger partial charge < -0.3 is 0 Å². The molecule has 1 rings (SSSR count). The van der Waals surface area contributed by atoms with Crippen molar-refractivity contribution < 1.29 is 0 Å². The van der Waals surface area contributed by atoms with Crippen LogP contribution in [0.1, 0.15) is 31.7 Å². The third-order valence-corrected chi connectivity index (χ3v) is 2.06. The minimum Gasteiger partial charge on any atom is -0.0845 e. The Bertz CT molecular complexity index is 280. The lowest BCUT2D eigenvalue weighted by Crippen LogP contribution is -1.67. The van der Waals surface area contributed by atoms with Crippen molar-refractivity contribution in [2.45, 2.75) is 26.2 Å². The first-order chi connectivity index (χ1) is 6.93. The van der Waals surface area contributed by atoms with Crippen LogP contribution < -0.4 is 0 Å². The Balaban J connectivity index is 2.31. The Kier molecular flexibility index (Phi) is 5.49. The lowest BCUT2D eigenvalue weighted by Gasteiger charge is -1.89. The lowest BCUT2D eigenvalue weighted by atomic mass is 10.2. The molecule has 0 N–H and O–H groups in total. The fourth-order valence-corrected chi connectivity index (χ4v) is 1.23. The number of hydrogen-bond acceptors (Lipinski definition) is 0. The third-order valence-electron chi connectivity index (χ3n) is 2.06. The SMILES string of the molecule is CCCC/C=C/C=C/c1ccccc1. The molecule has 1 aromatic carbocycles. The molecule has 0 radical (unpaired) electrons. The summed E-state index contributed by atoms with van der Waals surface area (Å²) in [5.74, 6) is 0. The predicted octanol–water partition coefficient (Wildman–Crippen LogP) is 4.45. The van der Waals surface area contributed by atoms with Crippen LogP contribution in [0.3, 0.4) is 0 Å². The maximum absolute atomic E-state index is 2.23. The fraction of sp³-hybridized carbons (Fsp3) is 0.286. The topological polar surface area (TPSA) is 0 Å². The van der Waals surface area contributed by atoms with Gasteiger partial charge in [-0.15, -0.1) is 0 Å². The molecule has 0 heterocycles. The van der Waals surface area contributed by atoms with E-state index in [0.717, 1.165) is 0 Å². The van der Waals surface area contributed by atoms with Gasteiger partial charge in [0.2, 0.25) is 0 Å². The van der Waals surface area contributed by atoms with Gasteiger partial charge in [0, 0.05) is 0 Å². The van der Waals surface area contributed by atoms with Crippen LogP contribution in [-0.4, -0.2) is 0 Å². The normalized spacial score (nSPS) is 11.5. The average molecular weight is 186 g/mol. The lowest BCUT2D eigenvalue weighted by molar-refractivity contribution is 0.815. The molecule has 0 bridgehead atoms. The molecule has 0 fully saturated rings. The van der Waals surface area contributed by atoms with E-state index in [4.69, 9.17) is 0 Å². The van der Waals surface area contributed by atoms with Gasteiger partial charge in [0.25, 0.3) is 0 Å². The summed E-state index contributed by atoms with van der Waals surface area (Å²) in [6, 6.07) is 10.4. The van der Waals surface area contributed by atoms with Crippen molar-refractivity contribution in [3.8, 4) is 0 Å². The smallest absolute Gasteiger partial charge is 0.0257 e. The van der Waals surface area contributed by atoms with Crippen LogP contribution in [0.15, 0.2) is 48.6 Å². The van der Waals surface area contributed by atoms with E-state index in [0.29, 0.717) is 0 Å². The van der Waals surface area contributed by atoms with Crippen LogP contribution in [-0.2, 0) is 0 Å². The van der Waals surface area contributed by atoms with Crippen molar-refractivity contribution in [1.29, 1.82) is 0 Å². The maximum Gasteiger partial charge on any atom is -0.0257 e. The summed E-state index contributed by atoms with van der Waals surface area (Å²) in [5, 5.41) is 0. The van der Waals surface area contributed by atoms with Gasteiger partial charge in [-0.2, -0.15) is 0 Å². The molecule has 1 aromatic rings. The fourth-order valence-electron chi connectivity index (χ4n) is 1.23. The number of hydrogen-bond donors (Lipinski definition) is 0. The van der Waals surface area contributed by atoms with Gasteiger partial charge in [-0.3, -0.25) is 0 Å². The molecule has 0 aliphatic carbocycles. The first-order valence-electron chi connectivity index (χ1n) is 5.31. The largest absolute Gasteiger partial charge is 0.0845 e. The van der Waals surface area contributed by atoms with Crippen molar-refractivity contribution in [2.75, 3.05) is 0 Å². The Morgan fingerprint density at radius 1 is 1.07 bits per heavy atom. The van der Waals surface area contributed by atoms with E-state index in [1.807, 2.05) is 6.07 Å². The van der Waals surface area contributed by atoms with Gasteiger partial charge in [-0.05, 0) is 12.0 Å². The first-order valence-corrected chi connectivity index (χ1v) is 5.31. The monoisotopic (exact) mass is 186 g/mol. The predicted molar refractivity (Wildman–Crippen MR) is 64.1 cm³/mol. The van der Waals surface area contributed by atoms with E-state index in [2.05, 4.69) is 55.5 Å². The van der Waals surface area contributed by atoms with Gasteiger partial charge >= 0.3 is 0 Å². The molecule has 14 heavy (non-hydrogen) atoms. The number of benzene rings is 1. The van der Waals surface area contributed by atoms with Crippen molar-refractivity contribution in [1.82, 2.24) is 0 Å². The molecule has 0 aliphatic rings. The van der Waals surface area contributed by atoms with Crippen LogP contribution in [0.4, 0.5) is 0 Å². The second-order valence-corrected chi connectivity index (χ2v) is 3.34. The highest BCUT2D eigenvalue weighted by Gasteiger charge is 1.80. The van der Waals surface area contributed by atoms with Gasteiger partial charge in [0.1, 0.15) is 0 Å². The van der Waals surface area contributed by atoms with Gasteiger partial charge in [-0.25, -0.2) is 0 Å². The van der Waals surface area contributed by atoms with E-state index < -0.39 is 0 Å². The summed E-state index contributed by atoms with van der Waals surface area (Å²) in [7, 11) is 0. The number of rotatable bonds is 5. The summed E-state index contributed by atoms with van der Waals surface area (Å²) in [5.41, 5.74) is 1.26. The van der Waals surface area contributed by atoms with Crippen LogP contribution in [0.5, 0.6) is 0 Å². The molecular formula is C14H18. The average Bonchev–Trinajstić information content (AvgIpc) is 2.25. The molecule has 0 aromatic heterocycles. The second kappa shape index (κ2) is 7.14. The van der Waals surface area contributed by atoms with Gasteiger partial charge in [0.15, 0.2) is 0 Å². The Hall–Kier alpha value is -1.30. The summed E-state index contributed by atoms with van der Waals surface area (Å²) in [6.45, 7) is 2.22. The minimum atomic E-state index is 1.19. The molecule has 0 heteroatoms. The van der Waals surface area contributed by atoms with Crippen molar-refractivity contribution in [3.05, 3.63) is 54.1 Å². The molecule has 0 saturated carbocycles. The zero-order valence-corrected chi connectivity index (χ0v) is 8.82. The zero-order chi connectivity index (χ0) is 10.1. The highest BCUT2D eigenvalue weighted by atomic mass is 13.9. The molecule has 0 spiro atoms. The Labute approximate surface area is 87.0 Å². The van der Waals surface area contributed by atoms with Crippen LogP contribution >= 0.6 is 0 Å². The second-order valence-electron chi connectivity index (χ2n) is 3.34.